The SMILES string of the molecule is CC(C)(C)OC(=O)N1CC[C@H](F)[C@@H](Nc2nc(-c3cnc4cnc(N5CCCC5=O)cn34)c(F)cc2F)C1. The van der Waals surface area contributed by atoms with Crippen molar-refractivity contribution in [2.45, 2.75) is 57.8 Å². The molecule has 2 saturated heterocycles. The third kappa shape index (κ3) is 5.09. The molecular formula is C25H28F3N7O3. The Morgan fingerprint density at radius 2 is 1.95 bits per heavy atom. The number of likely N-dealkylation sites (tertiary alicyclic amines) is 1. The van der Waals surface area contributed by atoms with Crippen LogP contribution in [0.25, 0.3) is 17.0 Å². The van der Waals surface area contributed by atoms with Crippen LogP contribution in [0.15, 0.2) is 24.7 Å². The van der Waals surface area contributed by atoms with Gasteiger partial charge in [-0.15, -0.1) is 0 Å². The van der Waals surface area contributed by atoms with Crippen molar-refractivity contribution in [1.29, 1.82) is 0 Å². The van der Waals surface area contributed by atoms with Gasteiger partial charge in [-0.1, -0.05) is 0 Å². The highest BCUT2D eigenvalue weighted by atomic mass is 19.1. The molecule has 3 aromatic heterocycles. The predicted octanol–water partition coefficient (Wildman–Crippen LogP) is 3.96. The molecule has 2 fully saturated rings. The van der Waals surface area contributed by atoms with Crippen molar-refractivity contribution in [3.05, 3.63) is 36.3 Å². The summed E-state index contributed by atoms with van der Waals surface area (Å²) in [5, 5.41) is 2.71. The number of rotatable bonds is 4. The minimum atomic E-state index is -1.40. The first-order chi connectivity index (χ1) is 18.0. The average Bonchev–Trinajstić information content (AvgIpc) is 3.46. The van der Waals surface area contributed by atoms with Gasteiger partial charge in [0.15, 0.2) is 28.9 Å². The van der Waals surface area contributed by atoms with Crippen LogP contribution in [0.2, 0.25) is 0 Å². The molecule has 38 heavy (non-hydrogen) atoms. The summed E-state index contributed by atoms with van der Waals surface area (Å²) in [4.78, 5) is 40.2. The summed E-state index contributed by atoms with van der Waals surface area (Å²) < 4.78 is 51.5. The van der Waals surface area contributed by atoms with Crippen molar-refractivity contribution < 1.29 is 27.5 Å². The molecule has 1 N–H and O–H groups in total. The average molecular weight is 532 g/mol. The van der Waals surface area contributed by atoms with Crippen molar-refractivity contribution in [2.24, 2.45) is 0 Å². The van der Waals surface area contributed by atoms with Gasteiger partial charge in [0.05, 0.1) is 30.3 Å². The second-order valence-electron chi connectivity index (χ2n) is 10.4. The van der Waals surface area contributed by atoms with Crippen molar-refractivity contribution in [2.75, 3.05) is 29.9 Å². The van der Waals surface area contributed by atoms with E-state index in [1.54, 1.807) is 27.0 Å². The van der Waals surface area contributed by atoms with Gasteiger partial charge in [-0.05, 0) is 33.6 Å². The van der Waals surface area contributed by atoms with Crippen molar-refractivity contribution in [1.82, 2.24) is 24.3 Å². The summed E-state index contributed by atoms with van der Waals surface area (Å²) in [5.74, 6) is -2.00. The van der Waals surface area contributed by atoms with Crippen LogP contribution in [0.4, 0.5) is 29.6 Å². The molecule has 5 heterocycles. The number of carbonyl (C=O) groups excluding carboxylic acids is 2. The molecule has 0 aromatic carbocycles. The van der Waals surface area contributed by atoms with Crippen LogP contribution in [-0.4, -0.2) is 73.7 Å². The molecule has 10 nitrogen and oxygen atoms in total. The molecule has 5 rings (SSSR count). The molecule has 2 atom stereocenters. The zero-order valence-electron chi connectivity index (χ0n) is 21.2. The maximum atomic E-state index is 15.0. The number of hydrogen-bond donors (Lipinski definition) is 1. The van der Waals surface area contributed by atoms with Crippen LogP contribution >= 0.6 is 0 Å². The number of nitrogens with one attached hydrogen (secondary N) is 1. The molecule has 2 aliphatic heterocycles. The molecule has 0 saturated carbocycles. The van der Waals surface area contributed by atoms with Crippen molar-refractivity contribution >= 4 is 29.3 Å². The number of nitrogens with zero attached hydrogens (tertiary/aromatic N) is 6. The monoisotopic (exact) mass is 531 g/mol. The van der Waals surface area contributed by atoms with Crippen LogP contribution in [0.1, 0.15) is 40.0 Å². The Morgan fingerprint density at radius 1 is 1.16 bits per heavy atom. The lowest BCUT2D eigenvalue weighted by molar-refractivity contribution is -0.117. The number of carbonyl (C=O) groups is 2. The number of halogens is 3. The normalized spacial score (nSPS) is 20.3. The number of pyridine rings is 1. The Bertz CT molecular complexity index is 1390. The van der Waals surface area contributed by atoms with Gasteiger partial charge in [0.25, 0.3) is 0 Å². The van der Waals surface area contributed by atoms with E-state index in [1.807, 2.05) is 0 Å². The highest BCUT2D eigenvalue weighted by molar-refractivity contribution is 5.94. The number of piperidine rings is 1. The Kier molecular flexibility index (Phi) is 6.61. The van der Waals surface area contributed by atoms with Crippen molar-refractivity contribution in [3.63, 3.8) is 0 Å². The number of alkyl halides is 1. The van der Waals surface area contributed by atoms with Gasteiger partial charge >= 0.3 is 6.09 Å². The summed E-state index contributed by atoms with van der Waals surface area (Å²) in [6.07, 6.45) is 3.51. The number of amides is 2. The summed E-state index contributed by atoms with van der Waals surface area (Å²) in [5.41, 5.74) is -0.370. The van der Waals surface area contributed by atoms with E-state index < -0.39 is 35.5 Å². The number of fused-ring (bicyclic) bond motifs is 1. The first-order valence-corrected chi connectivity index (χ1v) is 12.4. The topological polar surface area (TPSA) is 105 Å². The number of anilines is 2. The molecule has 0 aliphatic carbocycles. The lowest BCUT2D eigenvalue weighted by Gasteiger charge is -2.36. The molecule has 3 aromatic rings. The van der Waals surface area contributed by atoms with E-state index in [0.717, 1.165) is 0 Å². The number of ether oxygens (including phenoxy) is 1. The highest BCUT2D eigenvalue weighted by Crippen LogP contribution is 2.29. The zero-order valence-corrected chi connectivity index (χ0v) is 21.2. The van der Waals surface area contributed by atoms with Crippen LogP contribution in [0.3, 0.4) is 0 Å². The van der Waals surface area contributed by atoms with Gasteiger partial charge in [0.1, 0.15) is 17.5 Å². The molecule has 13 heteroatoms. The van der Waals surface area contributed by atoms with E-state index in [9.17, 15) is 22.8 Å². The van der Waals surface area contributed by atoms with Crippen molar-refractivity contribution in [3.8, 4) is 11.4 Å². The molecule has 202 valence electrons. The van der Waals surface area contributed by atoms with E-state index in [-0.39, 0.29) is 42.6 Å². The lowest BCUT2D eigenvalue weighted by atomic mass is 10.0. The molecule has 0 unspecified atom stereocenters. The summed E-state index contributed by atoms with van der Waals surface area (Å²) in [6.45, 7) is 5.76. The molecule has 0 radical (unpaired) electrons. The first-order valence-electron chi connectivity index (χ1n) is 12.4. The molecule has 2 aliphatic rings. The highest BCUT2D eigenvalue weighted by Gasteiger charge is 2.34. The van der Waals surface area contributed by atoms with Gasteiger partial charge < -0.3 is 15.0 Å². The van der Waals surface area contributed by atoms with Gasteiger partial charge in [0.2, 0.25) is 5.91 Å². The molecule has 0 spiro atoms. The quantitative estimate of drug-likeness (QED) is 0.544. The smallest absolute Gasteiger partial charge is 0.410 e. The van der Waals surface area contributed by atoms with E-state index in [4.69, 9.17) is 4.74 Å². The van der Waals surface area contributed by atoms with E-state index in [0.29, 0.717) is 36.9 Å². The number of hydrogen-bond acceptors (Lipinski definition) is 7. The fourth-order valence-electron chi connectivity index (χ4n) is 4.56. The van der Waals surface area contributed by atoms with Gasteiger partial charge in [0, 0.05) is 32.1 Å². The minimum absolute atomic E-state index is 0.0187. The Balaban J connectivity index is 1.43. The number of aromatic nitrogens is 4. The summed E-state index contributed by atoms with van der Waals surface area (Å²) in [7, 11) is 0. The Hall–Kier alpha value is -3.90. The van der Waals surface area contributed by atoms with E-state index in [1.165, 1.54) is 26.6 Å². The third-order valence-corrected chi connectivity index (χ3v) is 6.41. The summed E-state index contributed by atoms with van der Waals surface area (Å²) >= 11 is 0. The first kappa shape index (κ1) is 25.7. The largest absolute Gasteiger partial charge is 0.444 e. The van der Waals surface area contributed by atoms with Crippen LogP contribution in [0, 0.1) is 11.6 Å². The van der Waals surface area contributed by atoms with Crippen LogP contribution in [0.5, 0.6) is 0 Å². The Morgan fingerprint density at radius 3 is 2.66 bits per heavy atom. The van der Waals surface area contributed by atoms with Gasteiger partial charge in [-0.3, -0.25) is 14.1 Å². The van der Waals surface area contributed by atoms with E-state index in [2.05, 4.69) is 20.3 Å². The third-order valence-electron chi connectivity index (χ3n) is 6.41. The molecule has 0 bridgehead atoms. The molecule has 2 amide bonds. The zero-order chi connectivity index (χ0) is 27.2. The van der Waals surface area contributed by atoms with Crippen LogP contribution < -0.4 is 10.2 Å². The standard InChI is InChI=1S/C25H28F3N7O3/c1-25(2,3)38-24(37)33-8-6-14(26)17(12-33)31-23-16(28)9-15(27)22(32-23)18-10-29-19-11-30-20(13-35(18)19)34-7-4-5-21(34)36/h9-11,13-14,17H,4-8,12H2,1-3H3,(H,31,32)/t14-,17-/m0/s1. The fourth-order valence-corrected chi connectivity index (χ4v) is 4.56. The van der Waals surface area contributed by atoms with Gasteiger partial charge in [-0.25, -0.2) is 32.9 Å². The fraction of sp³-hybridized carbons (Fsp3) is 0.480. The van der Waals surface area contributed by atoms with Gasteiger partial charge in [-0.2, -0.15) is 0 Å². The maximum Gasteiger partial charge on any atom is 0.410 e. The molecular weight excluding hydrogens is 503 g/mol. The second kappa shape index (κ2) is 9.76. The predicted molar refractivity (Wildman–Crippen MR) is 132 cm³/mol. The summed E-state index contributed by atoms with van der Waals surface area (Å²) in [6, 6.07) is -0.326. The second-order valence-corrected chi connectivity index (χ2v) is 10.4. The Labute approximate surface area is 216 Å². The minimum Gasteiger partial charge on any atom is -0.444 e. The van der Waals surface area contributed by atoms with E-state index >= 15 is 0 Å². The number of imidazole rings is 1. The van der Waals surface area contributed by atoms with Crippen LogP contribution in [-0.2, 0) is 9.53 Å². The lowest BCUT2D eigenvalue weighted by Crippen LogP contribution is -2.52. The maximum absolute atomic E-state index is 15.0.